The lowest BCUT2D eigenvalue weighted by atomic mass is 10.1. The highest BCUT2D eigenvalue weighted by Gasteiger charge is 2.38. The van der Waals surface area contributed by atoms with E-state index in [0.29, 0.717) is 0 Å². The Kier molecular flexibility index (Phi) is 2.34. The number of furan rings is 1. The van der Waals surface area contributed by atoms with E-state index < -0.39 is 12.2 Å². The zero-order valence-electron chi connectivity index (χ0n) is 5.73. The van der Waals surface area contributed by atoms with Gasteiger partial charge in [0.25, 0.3) is 0 Å². The highest BCUT2D eigenvalue weighted by atomic mass is 35.5. The van der Waals surface area contributed by atoms with Crippen molar-refractivity contribution in [3.8, 4) is 0 Å². The molecule has 0 saturated heterocycles. The summed E-state index contributed by atoms with van der Waals surface area (Å²) in [5.74, 6) is 0. The molecule has 1 aromatic heterocycles. The standard InChI is InChI=1S/C6H5ClF3NO/c7-4-1-3(2-12-4)5(11)6(8,9)10/h1-2,5H,11H2/t5-/m0/s1. The summed E-state index contributed by atoms with van der Waals surface area (Å²) in [6.45, 7) is 0. The molecular formula is C6H5ClF3NO. The molecule has 2 nitrogen and oxygen atoms in total. The Bertz CT molecular complexity index is 270. The molecule has 0 aliphatic heterocycles. The van der Waals surface area contributed by atoms with E-state index in [1.807, 2.05) is 0 Å². The lowest BCUT2D eigenvalue weighted by Crippen LogP contribution is -2.27. The highest BCUT2D eigenvalue weighted by Crippen LogP contribution is 2.31. The van der Waals surface area contributed by atoms with Gasteiger partial charge < -0.3 is 10.2 Å². The summed E-state index contributed by atoms with van der Waals surface area (Å²) in [7, 11) is 0. The van der Waals surface area contributed by atoms with Crippen molar-refractivity contribution < 1.29 is 17.6 Å². The summed E-state index contributed by atoms with van der Waals surface area (Å²) < 4.78 is 40.3. The fourth-order valence-corrected chi connectivity index (χ4v) is 0.846. The summed E-state index contributed by atoms with van der Waals surface area (Å²) in [5, 5.41) is -0.107. The van der Waals surface area contributed by atoms with E-state index in [4.69, 9.17) is 17.3 Å². The number of halogens is 4. The Hall–Kier alpha value is -0.680. The van der Waals surface area contributed by atoms with Crippen molar-refractivity contribution >= 4 is 11.6 Å². The van der Waals surface area contributed by atoms with Crippen LogP contribution in [0.2, 0.25) is 5.22 Å². The first-order valence-corrected chi connectivity index (χ1v) is 3.35. The van der Waals surface area contributed by atoms with Crippen LogP contribution in [0.1, 0.15) is 11.6 Å². The highest BCUT2D eigenvalue weighted by molar-refractivity contribution is 6.28. The van der Waals surface area contributed by atoms with Crippen molar-refractivity contribution in [3.63, 3.8) is 0 Å². The van der Waals surface area contributed by atoms with Crippen LogP contribution in [-0.2, 0) is 0 Å². The second-order valence-corrected chi connectivity index (χ2v) is 2.58. The minimum absolute atomic E-state index is 0.107. The Morgan fingerprint density at radius 2 is 2.08 bits per heavy atom. The molecule has 12 heavy (non-hydrogen) atoms. The van der Waals surface area contributed by atoms with Crippen LogP contribution in [0.4, 0.5) is 13.2 Å². The molecule has 0 aliphatic rings. The number of alkyl halides is 3. The van der Waals surface area contributed by atoms with Crippen molar-refractivity contribution in [3.05, 3.63) is 23.1 Å². The summed E-state index contributed by atoms with van der Waals surface area (Å²) >= 11 is 5.26. The molecule has 0 amide bonds. The first kappa shape index (κ1) is 9.41. The third-order valence-electron chi connectivity index (χ3n) is 1.30. The summed E-state index contributed by atoms with van der Waals surface area (Å²) in [6, 6.07) is -0.992. The van der Waals surface area contributed by atoms with Gasteiger partial charge >= 0.3 is 6.18 Å². The summed E-state index contributed by atoms with van der Waals surface area (Å²) in [5.41, 5.74) is 4.67. The van der Waals surface area contributed by atoms with Crippen molar-refractivity contribution in [2.45, 2.75) is 12.2 Å². The van der Waals surface area contributed by atoms with Crippen molar-refractivity contribution in [1.82, 2.24) is 0 Å². The molecule has 1 rings (SSSR count). The molecule has 6 heteroatoms. The maximum Gasteiger partial charge on any atom is 0.407 e. The van der Waals surface area contributed by atoms with Crippen molar-refractivity contribution in [2.24, 2.45) is 5.73 Å². The number of nitrogens with two attached hydrogens (primary N) is 1. The van der Waals surface area contributed by atoms with Crippen LogP contribution >= 0.6 is 11.6 Å². The van der Waals surface area contributed by atoms with Gasteiger partial charge in [-0.15, -0.1) is 0 Å². The molecule has 0 aromatic carbocycles. The fourth-order valence-electron chi connectivity index (χ4n) is 0.675. The lowest BCUT2D eigenvalue weighted by molar-refractivity contribution is -0.149. The quantitative estimate of drug-likeness (QED) is 0.755. The Morgan fingerprint density at radius 3 is 2.42 bits per heavy atom. The molecular weight excluding hydrogens is 195 g/mol. The van der Waals surface area contributed by atoms with Gasteiger partial charge in [0.05, 0.1) is 6.26 Å². The van der Waals surface area contributed by atoms with E-state index in [0.717, 1.165) is 12.3 Å². The maximum absolute atomic E-state index is 11.9. The van der Waals surface area contributed by atoms with Gasteiger partial charge in [0.1, 0.15) is 6.04 Å². The topological polar surface area (TPSA) is 39.2 Å². The molecule has 0 spiro atoms. The molecule has 68 valence electrons. The Morgan fingerprint density at radius 1 is 1.50 bits per heavy atom. The van der Waals surface area contributed by atoms with Gasteiger partial charge in [-0.05, 0) is 11.6 Å². The van der Waals surface area contributed by atoms with Crippen LogP contribution in [0.3, 0.4) is 0 Å². The van der Waals surface area contributed by atoms with Crippen LogP contribution in [-0.4, -0.2) is 6.18 Å². The van der Waals surface area contributed by atoms with Crippen LogP contribution in [0.15, 0.2) is 16.7 Å². The molecule has 0 unspecified atom stereocenters. The average Bonchev–Trinajstić information content (AvgIpc) is 2.32. The summed E-state index contributed by atoms with van der Waals surface area (Å²) in [6.07, 6.45) is -3.58. The first-order valence-electron chi connectivity index (χ1n) is 2.97. The maximum atomic E-state index is 11.9. The molecule has 1 heterocycles. The minimum Gasteiger partial charge on any atom is -0.453 e. The van der Waals surface area contributed by atoms with E-state index >= 15 is 0 Å². The Labute approximate surface area is 71.1 Å². The smallest absolute Gasteiger partial charge is 0.407 e. The van der Waals surface area contributed by atoms with E-state index in [9.17, 15) is 13.2 Å². The van der Waals surface area contributed by atoms with Crippen LogP contribution in [0, 0.1) is 0 Å². The van der Waals surface area contributed by atoms with Gasteiger partial charge in [0, 0.05) is 11.6 Å². The van der Waals surface area contributed by atoms with Gasteiger partial charge in [-0.3, -0.25) is 0 Å². The van der Waals surface area contributed by atoms with Gasteiger partial charge in [0.15, 0.2) is 5.22 Å². The predicted molar refractivity (Wildman–Crippen MR) is 36.7 cm³/mol. The third kappa shape index (κ3) is 1.92. The fraction of sp³-hybridized carbons (Fsp3) is 0.333. The SMILES string of the molecule is N[C@@H](c1coc(Cl)c1)C(F)(F)F. The molecule has 1 aromatic rings. The zero-order valence-corrected chi connectivity index (χ0v) is 6.49. The van der Waals surface area contributed by atoms with Gasteiger partial charge in [-0.1, -0.05) is 0 Å². The number of rotatable bonds is 1. The molecule has 0 radical (unpaired) electrons. The number of hydrogen-bond acceptors (Lipinski definition) is 2. The number of hydrogen-bond donors (Lipinski definition) is 1. The first-order chi connectivity index (χ1) is 5.41. The minimum atomic E-state index is -4.47. The molecule has 0 aliphatic carbocycles. The van der Waals surface area contributed by atoms with Crippen LogP contribution in [0.5, 0.6) is 0 Å². The van der Waals surface area contributed by atoms with E-state index in [1.165, 1.54) is 0 Å². The second kappa shape index (κ2) is 2.99. The monoisotopic (exact) mass is 199 g/mol. The van der Waals surface area contributed by atoms with E-state index in [-0.39, 0.29) is 10.8 Å². The van der Waals surface area contributed by atoms with Crippen LogP contribution in [0.25, 0.3) is 0 Å². The summed E-state index contributed by atoms with van der Waals surface area (Å²) in [4.78, 5) is 0. The van der Waals surface area contributed by atoms with Gasteiger partial charge in [0.2, 0.25) is 0 Å². The molecule has 0 saturated carbocycles. The van der Waals surface area contributed by atoms with Crippen molar-refractivity contribution in [1.29, 1.82) is 0 Å². The largest absolute Gasteiger partial charge is 0.453 e. The Balaban J connectivity index is 2.85. The zero-order chi connectivity index (χ0) is 9.35. The third-order valence-corrected chi connectivity index (χ3v) is 1.50. The molecule has 1 atom stereocenters. The molecule has 0 bridgehead atoms. The lowest BCUT2D eigenvalue weighted by Gasteiger charge is -2.12. The van der Waals surface area contributed by atoms with E-state index in [1.54, 1.807) is 0 Å². The van der Waals surface area contributed by atoms with Gasteiger partial charge in [-0.25, -0.2) is 0 Å². The van der Waals surface area contributed by atoms with Crippen molar-refractivity contribution in [2.75, 3.05) is 0 Å². The molecule has 2 N–H and O–H groups in total. The normalized spacial score (nSPS) is 14.8. The molecule has 0 fully saturated rings. The average molecular weight is 200 g/mol. The second-order valence-electron chi connectivity index (χ2n) is 2.20. The van der Waals surface area contributed by atoms with Crippen LogP contribution < -0.4 is 5.73 Å². The van der Waals surface area contributed by atoms with E-state index in [2.05, 4.69) is 4.42 Å². The predicted octanol–water partition coefficient (Wildman–Crippen LogP) is 2.50. The van der Waals surface area contributed by atoms with Gasteiger partial charge in [-0.2, -0.15) is 13.2 Å².